The topological polar surface area (TPSA) is 61.4 Å². The van der Waals surface area contributed by atoms with Crippen molar-refractivity contribution in [3.8, 4) is 0 Å². The molecule has 1 fully saturated rings. The SMILES string of the molecule is CCNC(=O)N1CC(C(=O)NCCc2ccccc2)CC(c2ccccc2)C1. The quantitative estimate of drug-likeness (QED) is 0.810. The number of hydrogen-bond donors (Lipinski definition) is 2. The molecule has 1 aliphatic rings. The van der Waals surface area contributed by atoms with Gasteiger partial charge in [0.1, 0.15) is 0 Å². The highest BCUT2D eigenvalue weighted by Gasteiger charge is 2.34. The van der Waals surface area contributed by atoms with E-state index in [-0.39, 0.29) is 23.8 Å². The van der Waals surface area contributed by atoms with Crippen LogP contribution in [0, 0.1) is 5.92 Å². The van der Waals surface area contributed by atoms with Crippen molar-refractivity contribution in [3.05, 3.63) is 71.8 Å². The Labute approximate surface area is 167 Å². The molecule has 5 heteroatoms. The van der Waals surface area contributed by atoms with Gasteiger partial charge in [0, 0.05) is 32.1 Å². The summed E-state index contributed by atoms with van der Waals surface area (Å²) in [5, 5.41) is 5.93. The zero-order valence-corrected chi connectivity index (χ0v) is 16.4. The Bertz CT molecular complexity index is 764. The number of urea groups is 1. The second-order valence-electron chi connectivity index (χ2n) is 7.31. The van der Waals surface area contributed by atoms with Gasteiger partial charge in [-0.2, -0.15) is 0 Å². The number of amides is 3. The Hall–Kier alpha value is -2.82. The van der Waals surface area contributed by atoms with Crippen molar-refractivity contribution in [1.29, 1.82) is 0 Å². The van der Waals surface area contributed by atoms with Crippen molar-refractivity contribution >= 4 is 11.9 Å². The Morgan fingerprint density at radius 3 is 2.32 bits per heavy atom. The van der Waals surface area contributed by atoms with Crippen molar-refractivity contribution in [1.82, 2.24) is 15.5 Å². The van der Waals surface area contributed by atoms with Gasteiger partial charge in [0.25, 0.3) is 0 Å². The van der Waals surface area contributed by atoms with Gasteiger partial charge >= 0.3 is 6.03 Å². The van der Waals surface area contributed by atoms with Crippen LogP contribution in [0.2, 0.25) is 0 Å². The molecule has 0 saturated carbocycles. The van der Waals surface area contributed by atoms with Crippen LogP contribution in [-0.4, -0.2) is 43.0 Å². The van der Waals surface area contributed by atoms with Crippen molar-refractivity contribution in [3.63, 3.8) is 0 Å². The fraction of sp³-hybridized carbons (Fsp3) is 0.391. The number of nitrogens with one attached hydrogen (secondary N) is 2. The van der Waals surface area contributed by atoms with E-state index >= 15 is 0 Å². The number of carbonyl (C=O) groups is 2. The molecule has 2 aromatic carbocycles. The molecule has 2 N–H and O–H groups in total. The number of carbonyl (C=O) groups excluding carboxylic acids is 2. The van der Waals surface area contributed by atoms with Gasteiger partial charge in [-0.25, -0.2) is 4.79 Å². The first kappa shape index (κ1) is 19.9. The van der Waals surface area contributed by atoms with Crippen LogP contribution in [0.3, 0.4) is 0 Å². The summed E-state index contributed by atoms with van der Waals surface area (Å²) in [4.78, 5) is 27.0. The third-order valence-electron chi connectivity index (χ3n) is 5.26. The lowest BCUT2D eigenvalue weighted by Gasteiger charge is -2.37. The first-order valence-electron chi connectivity index (χ1n) is 10.1. The minimum Gasteiger partial charge on any atom is -0.355 e. The Balaban J connectivity index is 1.63. The Morgan fingerprint density at radius 1 is 0.964 bits per heavy atom. The summed E-state index contributed by atoms with van der Waals surface area (Å²) >= 11 is 0. The Kier molecular flexibility index (Phi) is 7.06. The molecular weight excluding hydrogens is 350 g/mol. The molecule has 0 spiro atoms. The van der Waals surface area contributed by atoms with E-state index in [1.54, 1.807) is 4.90 Å². The maximum absolute atomic E-state index is 12.8. The van der Waals surface area contributed by atoms with Crippen molar-refractivity contribution in [2.45, 2.75) is 25.7 Å². The first-order chi connectivity index (χ1) is 13.7. The highest BCUT2D eigenvalue weighted by Crippen LogP contribution is 2.30. The van der Waals surface area contributed by atoms with Crippen LogP contribution < -0.4 is 10.6 Å². The van der Waals surface area contributed by atoms with Crippen LogP contribution in [0.15, 0.2) is 60.7 Å². The van der Waals surface area contributed by atoms with Crippen molar-refractivity contribution in [2.75, 3.05) is 26.2 Å². The number of hydrogen-bond acceptors (Lipinski definition) is 2. The molecular formula is C23H29N3O2. The minimum atomic E-state index is -0.197. The van der Waals surface area contributed by atoms with Gasteiger partial charge in [-0.1, -0.05) is 60.7 Å². The van der Waals surface area contributed by atoms with E-state index in [0.29, 0.717) is 26.2 Å². The fourth-order valence-corrected chi connectivity index (χ4v) is 3.80. The van der Waals surface area contributed by atoms with Crippen LogP contribution in [-0.2, 0) is 11.2 Å². The van der Waals surface area contributed by atoms with Crippen LogP contribution in [0.1, 0.15) is 30.4 Å². The molecule has 148 valence electrons. The van der Waals surface area contributed by atoms with E-state index in [1.165, 1.54) is 11.1 Å². The molecule has 2 atom stereocenters. The van der Waals surface area contributed by atoms with Gasteiger partial charge in [0.05, 0.1) is 5.92 Å². The summed E-state index contributed by atoms with van der Waals surface area (Å²) < 4.78 is 0. The van der Waals surface area contributed by atoms with Crippen LogP contribution in [0.4, 0.5) is 4.79 Å². The Morgan fingerprint density at radius 2 is 1.64 bits per heavy atom. The lowest BCUT2D eigenvalue weighted by molar-refractivity contribution is -0.126. The summed E-state index contributed by atoms with van der Waals surface area (Å²) in [5.74, 6) is 0.00521. The third-order valence-corrected chi connectivity index (χ3v) is 5.26. The molecule has 1 saturated heterocycles. The normalized spacial score (nSPS) is 19.1. The van der Waals surface area contributed by atoms with E-state index in [2.05, 4.69) is 34.9 Å². The van der Waals surface area contributed by atoms with E-state index in [1.807, 2.05) is 43.3 Å². The highest BCUT2D eigenvalue weighted by atomic mass is 16.2. The minimum absolute atomic E-state index is 0.0332. The maximum Gasteiger partial charge on any atom is 0.317 e. The lowest BCUT2D eigenvalue weighted by atomic mass is 9.84. The summed E-state index contributed by atoms with van der Waals surface area (Å²) in [6.07, 6.45) is 1.57. The van der Waals surface area contributed by atoms with Gasteiger partial charge in [-0.3, -0.25) is 4.79 Å². The average molecular weight is 380 g/mol. The molecule has 0 radical (unpaired) electrons. The summed E-state index contributed by atoms with van der Waals surface area (Å²) in [5.41, 5.74) is 2.39. The zero-order chi connectivity index (χ0) is 19.8. The highest BCUT2D eigenvalue weighted by molar-refractivity contribution is 5.81. The molecule has 3 amide bonds. The third kappa shape index (κ3) is 5.35. The second-order valence-corrected chi connectivity index (χ2v) is 7.31. The van der Waals surface area contributed by atoms with Gasteiger partial charge in [0.2, 0.25) is 5.91 Å². The fourth-order valence-electron chi connectivity index (χ4n) is 3.80. The van der Waals surface area contributed by atoms with Crippen LogP contribution >= 0.6 is 0 Å². The molecule has 3 rings (SSSR count). The number of benzene rings is 2. The molecule has 28 heavy (non-hydrogen) atoms. The predicted molar refractivity (Wildman–Crippen MR) is 111 cm³/mol. The summed E-state index contributed by atoms with van der Waals surface area (Å²) in [6.45, 7) is 4.20. The molecule has 0 aromatic heterocycles. The van der Waals surface area contributed by atoms with Gasteiger partial charge < -0.3 is 15.5 Å². The van der Waals surface area contributed by atoms with E-state index in [0.717, 1.165) is 12.8 Å². The van der Waals surface area contributed by atoms with E-state index in [9.17, 15) is 9.59 Å². The monoisotopic (exact) mass is 379 g/mol. The molecule has 1 aliphatic heterocycles. The summed E-state index contributed by atoms with van der Waals surface area (Å²) in [7, 11) is 0. The van der Waals surface area contributed by atoms with Gasteiger partial charge in [-0.15, -0.1) is 0 Å². The molecule has 5 nitrogen and oxygen atoms in total. The number of rotatable bonds is 6. The first-order valence-corrected chi connectivity index (χ1v) is 10.1. The molecule has 2 unspecified atom stereocenters. The molecule has 0 aliphatic carbocycles. The molecule has 0 bridgehead atoms. The van der Waals surface area contributed by atoms with Gasteiger partial charge in [0.15, 0.2) is 0 Å². The smallest absolute Gasteiger partial charge is 0.317 e. The van der Waals surface area contributed by atoms with Gasteiger partial charge in [-0.05, 0) is 30.9 Å². The van der Waals surface area contributed by atoms with E-state index < -0.39 is 0 Å². The zero-order valence-electron chi connectivity index (χ0n) is 16.4. The number of likely N-dealkylation sites (tertiary alicyclic amines) is 1. The number of piperidine rings is 1. The largest absolute Gasteiger partial charge is 0.355 e. The molecule has 1 heterocycles. The average Bonchev–Trinajstić information content (AvgIpc) is 2.75. The van der Waals surface area contributed by atoms with Crippen LogP contribution in [0.25, 0.3) is 0 Å². The van der Waals surface area contributed by atoms with Crippen molar-refractivity contribution in [2.24, 2.45) is 5.92 Å². The van der Waals surface area contributed by atoms with E-state index in [4.69, 9.17) is 0 Å². The van der Waals surface area contributed by atoms with Crippen LogP contribution in [0.5, 0.6) is 0 Å². The maximum atomic E-state index is 12.8. The number of nitrogens with zero attached hydrogens (tertiary/aromatic N) is 1. The molecule has 2 aromatic rings. The van der Waals surface area contributed by atoms with Crippen molar-refractivity contribution < 1.29 is 9.59 Å². The standard InChI is InChI=1S/C23H29N3O2/c1-2-24-23(28)26-16-20(19-11-7-4-8-12-19)15-21(17-26)22(27)25-14-13-18-9-5-3-6-10-18/h3-12,20-21H,2,13-17H2,1H3,(H,24,28)(H,25,27). The second kappa shape index (κ2) is 9.93. The predicted octanol–water partition coefficient (Wildman–Crippen LogP) is 3.18. The summed E-state index contributed by atoms with van der Waals surface area (Å²) in [6, 6.07) is 20.2. The lowest BCUT2D eigenvalue weighted by Crippen LogP contribution is -2.51.